The Morgan fingerprint density at radius 3 is 2.91 bits per heavy atom. The topological polar surface area (TPSA) is 72.7 Å². The van der Waals surface area contributed by atoms with Crippen molar-refractivity contribution < 1.29 is 18.7 Å². The second-order valence-corrected chi connectivity index (χ2v) is 5.45. The highest BCUT2D eigenvalue weighted by Crippen LogP contribution is 2.38. The summed E-state index contributed by atoms with van der Waals surface area (Å²) in [5.41, 5.74) is 0.977. The van der Waals surface area contributed by atoms with E-state index in [1.165, 1.54) is 0 Å². The maximum absolute atomic E-state index is 11.7. The van der Waals surface area contributed by atoms with E-state index in [1.807, 2.05) is 12.1 Å². The van der Waals surface area contributed by atoms with Crippen molar-refractivity contribution in [3.05, 3.63) is 46.9 Å². The summed E-state index contributed by atoms with van der Waals surface area (Å²) in [6, 6.07) is 7.06. The van der Waals surface area contributed by atoms with Gasteiger partial charge in [-0.2, -0.15) is 0 Å². The van der Waals surface area contributed by atoms with Crippen LogP contribution in [0, 0.1) is 0 Å². The molecule has 2 heterocycles. The molecule has 0 saturated carbocycles. The number of benzene rings is 1. The highest BCUT2D eigenvalue weighted by atomic mass is 35.5. The minimum absolute atomic E-state index is 0.245. The van der Waals surface area contributed by atoms with Crippen molar-refractivity contribution in [2.45, 2.75) is 13.0 Å². The fourth-order valence-electron chi connectivity index (χ4n) is 2.27. The summed E-state index contributed by atoms with van der Waals surface area (Å²) in [5, 5.41) is 6.03. The molecule has 2 amide bonds. The van der Waals surface area contributed by atoms with Gasteiger partial charge < -0.3 is 24.5 Å². The third-order valence-corrected chi connectivity index (χ3v) is 3.64. The maximum atomic E-state index is 11.7. The van der Waals surface area contributed by atoms with E-state index in [0.717, 1.165) is 5.56 Å². The summed E-state index contributed by atoms with van der Waals surface area (Å²) >= 11 is 6.18. The van der Waals surface area contributed by atoms with Crippen molar-refractivity contribution in [1.29, 1.82) is 0 Å². The first-order chi connectivity index (χ1) is 11.2. The summed E-state index contributed by atoms with van der Waals surface area (Å²) in [7, 11) is 0. The molecule has 7 heteroatoms. The second kappa shape index (κ2) is 7.28. The van der Waals surface area contributed by atoms with E-state index in [0.29, 0.717) is 55.0 Å². The van der Waals surface area contributed by atoms with E-state index < -0.39 is 0 Å². The van der Waals surface area contributed by atoms with Crippen LogP contribution in [0.5, 0.6) is 11.5 Å². The Balaban J connectivity index is 1.47. The first kappa shape index (κ1) is 15.6. The summed E-state index contributed by atoms with van der Waals surface area (Å²) in [6.45, 7) is 1.86. The molecule has 0 unspecified atom stereocenters. The van der Waals surface area contributed by atoms with Gasteiger partial charge in [-0.1, -0.05) is 11.6 Å². The molecule has 0 atom stereocenters. The van der Waals surface area contributed by atoms with Crippen LogP contribution in [0.2, 0.25) is 5.02 Å². The molecule has 23 heavy (non-hydrogen) atoms. The fraction of sp³-hybridized carbons (Fsp3) is 0.312. The third-order valence-electron chi connectivity index (χ3n) is 3.36. The largest absolute Gasteiger partial charge is 0.486 e. The number of nitrogens with one attached hydrogen (secondary N) is 2. The average Bonchev–Trinajstić information content (AvgIpc) is 3.06. The van der Waals surface area contributed by atoms with Crippen molar-refractivity contribution in [3.63, 3.8) is 0 Å². The lowest BCUT2D eigenvalue weighted by atomic mass is 10.1. The normalized spacial score (nSPS) is 12.7. The third kappa shape index (κ3) is 4.10. The maximum Gasteiger partial charge on any atom is 0.315 e. The van der Waals surface area contributed by atoms with Gasteiger partial charge in [-0.3, -0.25) is 0 Å². The van der Waals surface area contributed by atoms with E-state index in [-0.39, 0.29) is 6.03 Å². The minimum Gasteiger partial charge on any atom is -0.486 e. The Labute approximate surface area is 138 Å². The molecule has 3 rings (SSSR count). The zero-order valence-corrected chi connectivity index (χ0v) is 13.2. The number of hydrogen-bond donors (Lipinski definition) is 2. The highest BCUT2D eigenvalue weighted by Gasteiger charge is 2.16. The van der Waals surface area contributed by atoms with Crippen molar-refractivity contribution >= 4 is 17.6 Å². The molecule has 0 spiro atoms. The van der Waals surface area contributed by atoms with Gasteiger partial charge in [-0.15, -0.1) is 0 Å². The van der Waals surface area contributed by atoms with E-state index >= 15 is 0 Å². The van der Waals surface area contributed by atoms with Crippen LogP contribution in [-0.4, -0.2) is 25.8 Å². The van der Waals surface area contributed by atoms with E-state index in [1.54, 1.807) is 18.4 Å². The molecule has 0 bridgehead atoms. The molecule has 1 aliphatic rings. The van der Waals surface area contributed by atoms with Gasteiger partial charge >= 0.3 is 6.03 Å². The monoisotopic (exact) mass is 336 g/mol. The molecule has 6 nitrogen and oxygen atoms in total. The SMILES string of the molecule is O=C(NCCc1cc(Cl)c2c(c1)OCCO2)NCc1ccco1. The van der Waals surface area contributed by atoms with Gasteiger partial charge in [0.05, 0.1) is 17.8 Å². The molecule has 0 aliphatic carbocycles. The lowest BCUT2D eigenvalue weighted by molar-refractivity contribution is 0.171. The van der Waals surface area contributed by atoms with Crippen LogP contribution >= 0.6 is 11.6 Å². The Bertz CT molecular complexity index is 673. The van der Waals surface area contributed by atoms with E-state index in [9.17, 15) is 4.79 Å². The molecule has 1 aliphatic heterocycles. The van der Waals surface area contributed by atoms with Crippen LogP contribution in [-0.2, 0) is 13.0 Å². The van der Waals surface area contributed by atoms with Crippen molar-refractivity contribution in [2.24, 2.45) is 0 Å². The summed E-state index contributed by atoms with van der Waals surface area (Å²) in [6.07, 6.45) is 2.21. The quantitative estimate of drug-likeness (QED) is 0.880. The molecular formula is C16H17ClN2O4. The van der Waals surface area contributed by atoms with Crippen molar-refractivity contribution in [3.8, 4) is 11.5 Å². The van der Waals surface area contributed by atoms with Crippen LogP contribution in [0.1, 0.15) is 11.3 Å². The first-order valence-electron chi connectivity index (χ1n) is 7.34. The molecule has 0 saturated heterocycles. The van der Waals surface area contributed by atoms with Crippen LogP contribution in [0.3, 0.4) is 0 Å². The first-order valence-corrected chi connectivity index (χ1v) is 7.72. The predicted molar refractivity (Wildman–Crippen MR) is 85.1 cm³/mol. The van der Waals surface area contributed by atoms with Crippen LogP contribution in [0.25, 0.3) is 0 Å². The second-order valence-electron chi connectivity index (χ2n) is 5.04. The van der Waals surface area contributed by atoms with Gasteiger partial charge in [0.1, 0.15) is 19.0 Å². The Hall–Kier alpha value is -2.34. The Morgan fingerprint density at radius 2 is 2.09 bits per heavy atom. The summed E-state index contributed by atoms with van der Waals surface area (Å²) in [5.74, 6) is 1.95. The molecular weight excluding hydrogens is 320 g/mol. The molecule has 1 aromatic heterocycles. The highest BCUT2D eigenvalue weighted by molar-refractivity contribution is 6.32. The lowest BCUT2D eigenvalue weighted by Gasteiger charge is -2.20. The number of hydrogen-bond acceptors (Lipinski definition) is 4. The minimum atomic E-state index is -0.245. The number of amides is 2. The fourth-order valence-corrected chi connectivity index (χ4v) is 2.56. The zero-order valence-electron chi connectivity index (χ0n) is 12.4. The number of carbonyl (C=O) groups is 1. The number of rotatable bonds is 5. The molecule has 0 fully saturated rings. The Morgan fingerprint density at radius 1 is 1.22 bits per heavy atom. The Kier molecular flexibility index (Phi) is 4.92. The van der Waals surface area contributed by atoms with Crippen LogP contribution in [0.15, 0.2) is 34.9 Å². The van der Waals surface area contributed by atoms with Crippen molar-refractivity contribution in [2.75, 3.05) is 19.8 Å². The molecule has 2 aromatic rings. The lowest BCUT2D eigenvalue weighted by Crippen LogP contribution is -2.36. The average molecular weight is 337 g/mol. The molecule has 1 aromatic carbocycles. The van der Waals surface area contributed by atoms with Gasteiger partial charge in [0.15, 0.2) is 11.5 Å². The molecule has 122 valence electrons. The number of furan rings is 1. The zero-order chi connectivity index (χ0) is 16.1. The van der Waals surface area contributed by atoms with Crippen molar-refractivity contribution in [1.82, 2.24) is 10.6 Å². The van der Waals surface area contributed by atoms with Crippen LogP contribution in [0.4, 0.5) is 4.79 Å². The van der Waals surface area contributed by atoms with E-state index in [2.05, 4.69) is 10.6 Å². The van der Waals surface area contributed by atoms with Gasteiger partial charge in [0.2, 0.25) is 0 Å². The standard InChI is InChI=1S/C16H17ClN2O4/c17-13-8-11(9-14-15(13)23-7-6-22-14)3-4-18-16(20)19-10-12-2-1-5-21-12/h1-2,5,8-9H,3-4,6-7,10H2,(H2,18,19,20). The van der Waals surface area contributed by atoms with Crippen LogP contribution < -0.4 is 20.1 Å². The number of urea groups is 1. The molecule has 0 radical (unpaired) electrons. The number of ether oxygens (including phenoxy) is 2. The van der Waals surface area contributed by atoms with E-state index in [4.69, 9.17) is 25.5 Å². The smallest absolute Gasteiger partial charge is 0.315 e. The van der Waals surface area contributed by atoms with Gasteiger partial charge in [0.25, 0.3) is 0 Å². The predicted octanol–water partition coefficient (Wildman–Crippen LogP) is 2.75. The number of carbonyl (C=O) groups excluding carboxylic acids is 1. The summed E-state index contributed by atoms with van der Waals surface area (Å²) in [4.78, 5) is 11.7. The van der Waals surface area contributed by atoms with Gasteiger partial charge in [0, 0.05) is 6.54 Å². The van der Waals surface area contributed by atoms with Gasteiger partial charge in [-0.25, -0.2) is 4.79 Å². The molecule has 2 N–H and O–H groups in total. The van der Waals surface area contributed by atoms with Gasteiger partial charge in [-0.05, 0) is 36.2 Å². The number of fused-ring (bicyclic) bond motifs is 1. The summed E-state index contributed by atoms with van der Waals surface area (Å²) < 4.78 is 16.1. The number of halogens is 1.